The molecule has 0 radical (unpaired) electrons. The van der Waals surface area contributed by atoms with E-state index in [0.717, 1.165) is 13.2 Å². The van der Waals surface area contributed by atoms with E-state index in [4.69, 9.17) is 16.3 Å². The molecule has 1 aliphatic rings. The van der Waals surface area contributed by atoms with Crippen molar-refractivity contribution in [1.82, 2.24) is 4.98 Å². The number of ether oxygens (including phenoxy) is 1. The minimum absolute atomic E-state index is 0.0600. The van der Waals surface area contributed by atoms with Crippen LogP contribution in [0.1, 0.15) is 5.56 Å². The molecule has 64 valence electrons. The maximum Gasteiger partial charge on any atom is 0.0597 e. The van der Waals surface area contributed by atoms with E-state index in [0.29, 0.717) is 5.88 Å². The Hall–Kier alpha value is -0.600. The normalized spacial score (nSPS) is 20.1. The van der Waals surface area contributed by atoms with E-state index in [1.165, 1.54) is 5.56 Å². The number of halogens is 1. The molecule has 0 aliphatic carbocycles. The summed E-state index contributed by atoms with van der Waals surface area (Å²) in [4.78, 5) is 3.97. The number of pyridine rings is 1. The first-order valence-electron chi connectivity index (χ1n) is 3.92. The van der Waals surface area contributed by atoms with Crippen molar-refractivity contribution in [1.29, 1.82) is 0 Å². The predicted molar refractivity (Wildman–Crippen MR) is 47.5 cm³/mol. The monoisotopic (exact) mass is 183 g/mol. The van der Waals surface area contributed by atoms with Gasteiger partial charge in [0.1, 0.15) is 0 Å². The summed E-state index contributed by atoms with van der Waals surface area (Å²) in [5.74, 6) is 0.622. The number of nitrogens with zero attached hydrogens (tertiary/aromatic N) is 1. The molecule has 1 aliphatic heterocycles. The van der Waals surface area contributed by atoms with E-state index in [-0.39, 0.29) is 5.41 Å². The van der Waals surface area contributed by atoms with Gasteiger partial charge in [0.15, 0.2) is 0 Å². The first-order chi connectivity index (χ1) is 5.87. The maximum absolute atomic E-state index is 5.89. The van der Waals surface area contributed by atoms with Crippen molar-refractivity contribution < 1.29 is 4.74 Å². The molecule has 0 amide bonds. The molecule has 0 spiro atoms. The van der Waals surface area contributed by atoms with Gasteiger partial charge in [0.2, 0.25) is 0 Å². The lowest BCUT2D eigenvalue weighted by atomic mass is 9.81. The molecule has 2 rings (SSSR count). The highest BCUT2D eigenvalue weighted by Crippen LogP contribution is 2.32. The second-order valence-corrected chi connectivity index (χ2v) is 3.41. The summed E-state index contributed by atoms with van der Waals surface area (Å²) in [5, 5.41) is 0. The molecule has 12 heavy (non-hydrogen) atoms. The molecular weight excluding hydrogens is 174 g/mol. The molecule has 1 aromatic heterocycles. The maximum atomic E-state index is 5.89. The zero-order valence-electron chi connectivity index (χ0n) is 6.66. The Labute approximate surface area is 76.5 Å². The van der Waals surface area contributed by atoms with Crippen LogP contribution in [0.25, 0.3) is 0 Å². The second kappa shape index (κ2) is 3.04. The Morgan fingerprint density at radius 3 is 2.50 bits per heavy atom. The van der Waals surface area contributed by atoms with Crippen LogP contribution >= 0.6 is 11.6 Å². The molecule has 0 atom stereocenters. The molecule has 1 fully saturated rings. The predicted octanol–water partition coefficient (Wildman–Crippen LogP) is 1.59. The Bertz CT molecular complexity index is 253. The first kappa shape index (κ1) is 8.02. The molecule has 0 saturated carbocycles. The summed E-state index contributed by atoms with van der Waals surface area (Å²) < 4.78 is 5.18. The molecule has 3 heteroatoms. The minimum atomic E-state index is 0.0600. The molecule has 2 heterocycles. The van der Waals surface area contributed by atoms with Crippen LogP contribution in [-0.4, -0.2) is 24.1 Å². The van der Waals surface area contributed by atoms with Gasteiger partial charge >= 0.3 is 0 Å². The lowest BCUT2D eigenvalue weighted by molar-refractivity contribution is -0.0480. The summed E-state index contributed by atoms with van der Waals surface area (Å²) in [7, 11) is 0. The highest BCUT2D eigenvalue weighted by atomic mass is 35.5. The number of rotatable bonds is 2. The highest BCUT2D eigenvalue weighted by Gasteiger charge is 2.39. The standard InChI is InChI=1S/C9H10ClNO/c10-5-9(6-12-7-9)8-1-3-11-4-2-8/h1-4H,5-7H2. The van der Waals surface area contributed by atoms with E-state index in [1.807, 2.05) is 12.1 Å². The summed E-state index contributed by atoms with van der Waals surface area (Å²) in [6, 6.07) is 4.01. The minimum Gasteiger partial charge on any atom is -0.379 e. The third-order valence-electron chi connectivity index (χ3n) is 2.31. The Balaban J connectivity index is 2.28. The quantitative estimate of drug-likeness (QED) is 0.650. The van der Waals surface area contributed by atoms with Gasteiger partial charge in [0.05, 0.1) is 18.6 Å². The van der Waals surface area contributed by atoms with E-state index in [1.54, 1.807) is 12.4 Å². The smallest absolute Gasteiger partial charge is 0.0597 e. The van der Waals surface area contributed by atoms with Gasteiger partial charge < -0.3 is 4.74 Å². The van der Waals surface area contributed by atoms with E-state index in [2.05, 4.69) is 4.98 Å². The van der Waals surface area contributed by atoms with Gasteiger partial charge in [0, 0.05) is 18.3 Å². The van der Waals surface area contributed by atoms with Crippen LogP contribution in [0.3, 0.4) is 0 Å². The van der Waals surface area contributed by atoms with Crippen molar-refractivity contribution >= 4 is 11.6 Å². The van der Waals surface area contributed by atoms with Crippen LogP contribution in [0.2, 0.25) is 0 Å². The van der Waals surface area contributed by atoms with Gasteiger partial charge in [0.25, 0.3) is 0 Å². The van der Waals surface area contributed by atoms with Crippen molar-refractivity contribution in [3.63, 3.8) is 0 Å². The zero-order valence-corrected chi connectivity index (χ0v) is 7.42. The molecule has 0 bridgehead atoms. The van der Waals surface area contributed by atoms with Crippen LogP contribution in [0, 0.1) is 0 Å². The van der Waals surface area contributed by atoms with Crippen molar-refractivity contribution in [3.8, 4) is 0 Å². The Kier molecular flexibility index (Phi) is 2.03. The largest absolute Gasteiger partial charge is 0.379 e. The molecule has 0 N–H and O–H groups in total. The number of hydrogen-bond donors (Lipinski definition) is 0. The van der Waals surface area contributed by atoms with E-state index in [9.17, 15) is 0 Å². The molecule has 1 saturated heterocycles. The third kappa shape index (κ3) is 1.11. The topological polar surface area (TPSA) is 22.1 Å². The van der Waals surface area contributed by atoms with Crippen LogP contribution in [0.15, 0.2) is 24.5 Å². The fourth-order valence-corrected chi connectivity index (χ4v) is 1.68. The lowest BCUT2D eigenvalue weighted by Gasteiger charge is -2.40. The van der Waals surface area contributed by atoms with Crippen molar-refractivity contribution in [3.05, 3.63) is 30.1 Å². The summed E-state index contributed by atoms with van der Waals surface area (Å²) in [6.45, 7) is 1.47. The van der Waals surface area contributed by atoms with Crippen LogP contribution < -0.4 is 0 Å². The Morgan fingerprint density at radius 2 is 2.08 bits per heavy atom. The average Bonchev–Trinajstić information content (AvgIpc) is 2.05. The van der Waals surface area contributed by atoms with Gasteiger partial charge in [-0.1, -0.05) is 0 Å². The van der Waals surface area contributed by atoms with Crippen LogP contribution in [-0.2, 0) is 10.2 Å². The van der Waals surface area contributed by atoms with Crippen molar-refractivity contribution in [2.24, 2.45) is 0 Å². The van der Waals surface area contributed by atoms with Gasteiger partial charge in [-0.05, 0) is 17.7 Å². The molecule has 2 nitrogen and oxygen atoms in total. The van der Waals surface area contributed by atoms with Crippen LogP contribution in [0.4, 0.5) is 0 Å². The summed E-state index contributed by atoms with van der Waals surface area (Å²) in [5.41, 5.74) is 1.29. The Morgan fingerprint density at radius 1 is 1.42 bits per heavy atom. The average molecular weight is 184 g/mol. The fourth-order valence-electron chi connectivity index (χ4n) is 1.37. The zero-order chi connectivity index (χ0) is 8.44. The van der Waals surface area contributed by atoms with Gasteiger partial charge in [-0.15, -0.1) is 11.6 Å². The lowest BCUT2D eigenvalue weighted by Crippen LogP contribution is -2.48. The number of hydrogen-bond acceptors (Lipinski definition) is 2. The van der Waals surface area contributed by atoms with Gasteiger partial charge in [-0.2, -0.15) is 0 Å². The molecule has 0 aromatic carbocycles. The number of alkyl halides is 1. The van der Waals surface area contributed by atoms with Gasteiger partial charge in [-0.25, -0.2) is 0 Å². The molecule has 0 unspecified atom stereocenters. The van der Waals surface area contributed by atoms with Gasteiger partial charge in [-0.3, -0.25) is 4.98 Å². The van der Waals surface area contributed by atoms with E-state index < -0.39 is 0 Å². The van der Waals surface area contributed by atoms with Crippen LogP contribution in [0.5, 0.6) is 0 Å². The third-order valence-corrected chi connectivity index (χ3v) is 2.82. The van der Waals surface area contributed by atoms with E-state index >= 15 is 0 Å². The summed E-state index contributed by atoms with van der Waals surface area (Å²) in [6.07, 6.45) is 3.59. The van der Waals surface area contributed by atoms with Crippen molar-refractivity contribution in [2.75, 3.05) is 19.1 Å². The summed E-state index contributed by atoms with van der Waals surface area (Å²) >= 11 is 5.89. The highest BCUT2D eigenvalue weighted by molar-refractivity contribution is 6.18. The first-order valence-corrected chi connectivity index (χ1v) is 4.45. The molecule has 1 aromatic rings. The molecular formula is C9H10ClNO. The van der Waals surface area contributed by atoms with Crippen molar-refractivity contribution in [2.45, 2.75) is 5.41 Å². The fraction of sp³-hybridized carbons (Fsp3) is 0.444. The SMILES string of the molecule is ClCC1(c2ccncc2)COC1. The second-order valence-electron chi connectivity index (χ2n) is 3.14. The number of aromatic nitrogens is 1.